The number of ether oxygens (including phenoxy) is 2. The summed E-state index contributed by atoms with van der Waals surface area (Å²) in [6, 6.07) is 24.8. The van der Waals surface area contributed by atoms with E-state index in [9.17, 15) is 4.79 Å². The molecule has 0 aliphatic heterocycles. The number of pyridine rings is 1. The van der Waals surface area contributed by atoms with E-state index in [0.717, 1.165) is 24.0 Å². The van der Waals surface area contributed by atoms with Gasteiger partial charge in [0.1, 0.15) is 24.8 Å². The van der Waals surface area contributed by atoms with Gasteiger partial charge in [-0.1, -0.05) is 60.7 Å². The summed E-state index contributed by atoms with van der Waals surface area (Å²) in [6.45, 7) is 0.450. The molecule has 0 atom stereocenters. The van der Waals surface area contributed by atoms with Crippen LogP contribution >= 0.6 is 0 Å². The second-order valence-corrected chi connectivity index (χ2v) is 11.1. The van der Waals surface area contributed by atoms with Crippen LogP contribution in [0.1, 0.15) is 36.8 Å². The maximum absolute atomic E-state index is 15.5. The smallest absolute Gasteiger partial charge is 0.306 e. The van der Waals surface area contributed by atoms with Crippen LogP contribution in [0, 0.1) is 23.0 Å². The predicted octanol–water partition coefficient (Wildman–Crippen LogP) is 7.24. The fourth-order valence-corrected chi connectivity index (χ4v) is 5.99. The molecule has 2 aliphatic carbocycles. The number of benzene rings is 3. The Balaban J connectivity index is 1.20. The zero-order valence-corrected chi connectivity index (χ0v) is 22.4. The number of carbonyl (C=O) groups is 1. The summed E-state index contributed by atoms with van der Waals surface area (Å²) in [5.41, 5.74) is 2.21. The van der Waals surface area contributed by atoms with Gasteiger partial charge in [-0.05, 0) is 60.4 Å². The lowest BCUT2D eigenvalue weighted by Crippen LogP contribution is -2.54. The third-order valence-electron chi connectivity index (χ3n) is 8.03. The van der Waals surface area contributed by atoms with Gasteiger partial charge < -0.3 is 19.9 Å². The van der Waals surface area contributed by atoms with Gasteiger partial charge in [-0.25, -0.2) is 8.78 Å². The summed E-state index contributed by atoms with van der Waals surface area (Å²) in [4.78, 5) is 15.6. The Labute approximate surface area is 237 Å². The fraction of sp³-hybridized carbons (Fsp3) is 0.273. The van der Waals surface area contributed by atoms with Crippen molar-refractivity contribution < 1.29 is 28.2 Å². The van der Waals surface area contributed by atoms with Crippen LogP contribution < -0.4 is 14.8 Å². The van der Waals surface area contributed by atoms with E-state index in [1.807, 2.05) is 60.7 Å². The van der Waals surface area contributed by atoms with Crippen molar-refractivity contribution in [1.82, 2.24) is 4.98 Å². The summed E-state index contributed by atoms with van der Waals surface area (Å²) in [5, 5.41) is 12.4. The maximum Gasteiger partial charge on any atom is 0.306 e. The van der Waals surface area contributed by atoms with Gasteiger partial charge in [0.2, 0.25) is 11.8 Å². The first kappa shape index (κ1) is 26.7. The highest BCUT2D eigenvalue weighted by Crippen LogP contribution is 2.59. The molecule has 1 heterocycles. The lowest BCUT2D eigenvalue weighted by atomic mass is 9.50. The Kier molecular flexibility index (Phi) is 7.30. The van der Waals surface area contributed by atoms with Crippen molar-refractivity contribution in [3.05, 3.63) is 108 Å². The van der Waals surface area contributed by atoms with Crippen molar-refractivity contribution in [2.24, 2.45) is 11.3 Å². The van der Waals surface area contributed by atoms with E-state index < -0.39 is 17.6 Å². The number of hydrogen-bond donors (Lipinski definition) is 2. The number of halogens is 2. The van der Waals surface area contributed by atoms with Crippen LogP contribution in [0.5, 0.6) is 11.8 Å². The largest absolute Gasteiger partial charge is 0.481 e. The van der Waals surface area contributed by atoms with Gasteiger partial charge in [0.15, 0.2) is 0 Å². The summed E-state index contributed by atoms with van der Waals surface area (Å²) >= 11 is 0. The first-order chi connectivity index (χ1) is 19.9. The van der Waals surface area contributed by atoms with Crippen molar-refractivity contribution in [2.75, 3.05) is 5.32 Å². The molecule has 6 nitrogen and oxygen atoms in total. The summed E-state index contributed by atoms with van der Waals surface area (Å²) in [6.07, 6.45) is 2.94. The van der Waals surface area contributed by atoms with Gasteiger partial charge in [0.05, 0.1) is 17.0 Å². The van der Waals surface area contributed by atoms with E-state index in [0.29, 0.717) is 18.5 Å². The molecule has 0 saturated heterocycles. The number of rotatable bonds is 10. The third-order valence-corrected chi connectivity index (χ3v) is 8.03. The molecule has 41 heavy (non-hydrogen) atoms. The van der Waals surface area contributed by atoms with E-state index >= 15 is 8.78 Å². The standard InChI is InChI=1S/C33H30F2N2O4/c34-27-13-24(36-25-17-33(18-25)15-23(16-33)32(38)39)14-28(35)30(27)26-11-12-29(40-19-21-7-3-1-4-8-21)37-31(26)41-20-22-9-5-2-6-10-22/h1-14,23,25,36H,15-20H2,(H,38,39). The minimum atomic E-state index is -0.746. The quantitative estimate of drug-likeness (QED) is 0.214. The SMILES string of the molecule is O=C(O)C1CC2(CC(Nc3cc(F)c(-c4ccc(OCc5ccccc5)nc4OCc4ccccc4)c(F)c3)C2)C1. The zero-order valence-electron chi connectivity index (χ0n) is 22.4. The van der Waals surface area contributed by atoms with E-state index in [1.54, 1.807) is 12.1 Å². The van der Waals surface area contributed by atoms with Crippen molar-refractivity contribution in [1.29, 1.82) is 0 Å². The second-order valence-electron chi connectivity index (χ2n) is 11.1. The Morgan fingerprint density at radius 3 is 2.02 bits per heavy atom. The summed E-state index contributed by atoms with van der Waals surface area (Å²) in [7, 11) is 0. The first-order valence-corrected chi connectivity index (χ1v) is 13.7. The zero-order chi connectivity index (χ0) is 28.4. The van der Waals surface area contributed by atoms with Gasteiger partial charge in [-0.2, -0.15) is 4.98 Å². The molecule has 210 valence electrons. The topological polar surface area (TPSA) is 80.7 Å². The molecule has 4 aromatic rings. The van der Waals surface area contributed by atoms with Gasteiger partial charge in [0, 0.05) is 17.8 Å². The average molecular weight is 557 g/mol. The number of carboxylic acids is 1. The molecule has 2 aliphatic rings. The predicted molar refractivity (Wildman–Crippen MR) is 151 cm³/mol. The monoisotopic (exact) mass is 556 g/mol. The molecule has 3 aromatic carbocycles. The van der Waals surface area contributed by atoms with Gasteiger partial charge in [0.25, 0.3) is 0 Å². The third kappa shape index (κ3) is 5.87. The number of hydrogen-bond acceptors (Lipinski definition) is 5. The van der Waals surface area contributed by atoms with E-state index in [-0.39, 0.29) is 53.5 Å². The van der Waals surface area contributed by atoms with Crippen LogP contribution in [-0.4, -0.2) is 22.1 Å². The van der Waals surface area contributed by atoms with E-state index in [4.69, 9.17) is 14.6 Å². The second kappa shape index (κ2) is 11.2. The van der Waals surface area contributed by atoms with Crippen LogP contribution in [-0.2, 0) is 18.0 Å². The van der Waals surface area contributed by atoms with E-state index in [1.165, 1.54) is 12.1 Å². The van der Waals surface area contributed by atoms with Gasteiger partial charge in [-0.3, -0.25) is 4.79 Å². The number of nitrogens with zero attached hydrogens (tertiary/aromatic N) is 1. The molecule has 0 radical (unpaired) electrons. The molecule has 0 bridgehead atoms. The van der Waals surface area contributed by atoms with Crippen molar-refractivity contribution in [3.8, 4) is 22.9 Å². The Morgan fingerprint density at radius 1 is 0.854 bits per heavy atom. The molecule has 6 rings (SSSR count). The van der Waals surface area contributed by atoms with Gasteiger partial charge in [-0.15, -0.1) is 0 Å². The molecule has 8 heteroatoms. The first-order valence-electron chi connectivity index (χ1n) is 13.7. The van der Waals surface area contributed by atoms with Crippen LogP contribution in [0.15, 0.2) is 84.9 Å². The lowest BCUT2D eigenvalue weighted by Gasteiger charge is -2.56. The maximum atomic E-state index is 15.5. The minimum Gasteiger partial charge on any atom is -0.481 e. The molecule has 2 saturated carbocycles. The van der Waals surface area contributed by atoms with Crippen LogP contribution in [0.4, 0.5) is 14.5 Å². The van der Waals surface area contributed by atoms with Crippen molar-refractivity contribution in [3.63, 3.8) is 0 Å². The number of anilines is 1. The fourth-order valence-electron chi connectivity index (χ4n) is 5.99. The molecular formula is C33H30F2N2O4. The number of aliphatic carboxylic acids is 1. The Morgan fingerprint density at radius 2 is 1.44 bits per heavy atom. The molecule has 2 fully saturated rings. The number of aromatic nitrogens is 1. The van der Waals surface area contributed by atoms with Crippen LogP contribution in [0.25, 0.3) is 11.1 Å². The lowest BCUT2D eigenvalue weighted by molar-refractivity contribution is -0.154. The molecule has 2 N–H and O–H groups in total. The Hall–Kier alpha value is -4.46. The van der Waals surface area contributed by atoms with Gasteiger partial charge >= 0.3 is 5.97 Å². The highest BCUT2D eigenvalue weighted by molar-refractivity contribution is 5.73. The molecule has 0 unspecified atom stereocenters. The molecular weight excluding hydrogens is 526 g/mol. The normalized spacial score (nSPS) is 21.0. The molecule has 1 aromatic heterocycles. The highest BCUT2D eigenvalue weighted by Gasteiger charge is 2.54. The van der Waals surface area contributed by atoms with Crippen LogP contribution in [0.3, 0.4) is 0 Å². The van der Waals surface area contributed by atoms with Crippen LogP contribution in [0.2, 0.25) is 0 Å². The van der Waals surface area contributed by atoms with Crippen molar-refractivity contribution >= 4 is 11.7 Å². The number of nitrogens with one attached hydrogen (secondary N) is 1. The molecule has 0 amide bonds. The average Bonchev–Trinajstić information content (AvgIpc) is 2.92. The molecule has 1 spiro atoms. The summed E-state index contributed by atoms with van der Waals surface area (Å²) in [5.74, 6) is -2.14. The summed E-state index contributed by atoms with van der Waals surface area (Å²) < 4.78 is 42.8. The number of carboxylic acid groups (broad SMARTS) is 1. The van der Waals surface area contributed by atoms with Crippen molar-refractivity contribution in [2.45, 2.75) is 44.9 Å². The van der Waals surface area contributed by atoms with E-state index in [2.05, 4.69) is 10.3 Å². The minimum absolute atomic E-state index is 0.0543. The Bertz CT molecular complexity index is 1510. The highest BCUT2D eigenvalue weighted by atomic mass is 19.1.